The van der Waals surface area contributed by atoms with Crippen molar-refractivity contribution in [2.24, 2.45) is 5.73 Å². The minimum atomic E-state index is -1.11. The van der Waals surface area contributed by atoms with Crippen LogP contribution >= 0.6 is 0 Å². The fourth-order valence-electron chi connectivity index (χ4n) is 0.861. The van der Waals surface area contributed by atoms with Crippen LogP contribution in [0.15, 0.2) is 24.3 Å². The normalized spacial score (nSPS) is 12.4. The van der Waals surface area contributed by atoms with Gasteiger partial charge in [0.15, 0.2) is 0 Å². The third-order valence-corrected chi connectivity index (χ3v) is 1.50. The van der Waals surface area contributed by atoms with E-state index in [1.165, 1.54) is 12.1 Å². The number of nitrogens with two attached hydrogens (primary N) is 1. The Labute approximate surface area is 69.3 Å². The largest absolute Gasteiger partial charge is 0.508 e. The summed E-state index contributed by atoms with van der Waals surface area (Å²) < 4.78 is 0. The number of phenolic OH excluding ortho intramolecular Hbond substituents is 1. The second kappa shape index (κ2) is 3.23. The number of rotatable bonds is 2. The van der Waals surface area contributed by atoms with Crippen molar-refractivity contribution in [1.82, 2.24) is 0 Å². The van der Waals surface area contributed by atoms with Gasteiger partial charge in [-0.3, -0.25) is 4.79 Å². The van der Waals surface area contributed by atoms with Gasteiger partial charge in [-0.1, -0.05) is 12.1 Å². The Kier molecular flexibility index (Phi) is 2.30. The molecule has 1 aromatic carbocycles. The van der Waals surface area contributed by atoms with E-state index >= 15 is 0 Å². The lowest BCUT2D eigenvalue weighted by molar-refractivity contribution is -0.138. The van der Waals surface area contributed by atoms with E-state index in [0.29, 0.717) is 5.56 Å². The average Bonchev–Trinajstić information content (AvgIpc) is 2.03. The number of carbonyl (C=O) groups is 1. The molecule has 0 radical (unpaired) electrons. The first-order chi connectivity index (χ1) is 5.61. The fourth-order valence-corrected chi connectivity index (χ4v) is 0.861. The molecular weight excluding hydrogens is 158 g/mol. The van der Waals surface area contributed by atoms with Gasteiger partial charge < -0.3 is 15.9 Å². The quantitative estimate of drug-likeness (QED) is 0.598. The molecule has 0 aromatic heterocycles. The molecular formula is C8H9NO3. The third-order valence-electron chi connectivity index (χ3n) is 1.50. The lowest BCUT2D eigenvalue weighted by atomic mass is 10.1. The Morgan fingerprint density at radius 1 is 1.50 bits per heavy atom. The van der Waals surface area contributed by atoms with Crippen molar-refractivity contribution < 1.29 is 15.0 Å². The Balaban J connectivity index is 2.95. The van der Waals surface area contributed by atoms with Crippen LogP contribution < -0.4 is 5.73 Å². The zero-order valence-electron chi connectivity index (χ0n) is 6.27. The minimum Gasteiger partial charge on any atom is -0.508 e. The molecule has 4 N–H and O–H groups in total. The molecule has 0 fully saturated rings. The van der Waals surface area contributed by atoms with E-state index in [9.17, 15) is 4.79 Å². The van der Waals surface area contributed by atoms with Crippen LogP contribution in [0.25, 0.3) is 0 Å². The van der Waals surface area contributed by atoms with Gasteiger partial charge in [-0.15, -0.1) is 0 Å². The number of benzene rings is 1. The van der Waals surface area contributed by atoms with Crippen LogP contribution in [0.4, 0.5) is 0 Å². The fraction of sp³-hybridized carbons (Fsp3) is 0.125. The van der Waals surface area contributed by atoms with Crippen LogP contribution in [-0.2, 0) is 4.79 Å². The lowest BCUT2D eigenvalue weighted by Gasteiger charge is -2.05. The van der Waals surface area contributed by atoms with Crippen molar-refractivity contribution >= 4 is 5.97 Å². The van der Waals surface area contributed by atoms with Crippen LogP contribution in [0.5, 0.6) is 5.75 Å². The SMILES string of the molecule is N[C@@H](C(=O)O)c1cccc(O)c1. The molecule has 0 spiro atoms. The van der Waals surface area contributed by atoms with E-state index in [1.54, 1.807) is 12.1 Å². The zero-order valence-corrected chi connectivity index (χ0v) is 6.27. The molecule has 64 valence electrons. The number of phenols is 1. The Morgan fingerprint density at radius 2 is 2.17 bits per heavy atom. The number of carboxylic acid groups (broad SMARTS) is 1. The molecule has 4 heteroatoms. The molecule has 0 heterocycles. The molecule has 1 atom stereocenters. The minimum absolute atomic E-state index is 0.0178. The van der Waals surface area contributed by atoms with E-state index in [4.69, 9.17) is 15.9 Å². The van der Waals surface area contributed by atoms with Crippen molar-refractivity contribution in [2.75, 3.05) is 0 Å². The number of carboxylic acids is 1. The highest BCUT2D eigenvalue weighted by atomic mass is 16.4. The smallest absolute Gasteiger partial charge is 0.325 e. The first kappa shape index (κ1) is 8.55. The monoisotopic (exact) mass is 167 g/mol. The van der Waals surface area contributed by atoms with E-state index in [-0.39, 0.29) is 5.75 Å². The maximum atomic E-state index is 10.4. The predicted octanol–water partition coefficient (Wildman–Crippen LogP) is 0.477. The van der Waals surface area contributed by atoms with Gasteiger partial charge in [-0.25, -0.2) is 0 Å². The number of aromatic hydroxyl groups is 1. The van der Waals surface area contributed by atoms with Crippen molar-refractivity contribution in [3.05, 3.63) is 29.8 Å². The van der Waals surface area contributed by atoms with Gasteiger partial charge in [-0.05, 0) is 17.7 Å². The molecule has 0 unspecified atom stereocenters. The second-order valence-electron chi connectivity index (χ2n) is 2.41. The third kappa shape index (κ3) is 1.73. The summed E-state index contributed by atoms with van der Waals surface area (Å²) in [6.07, 6.45) is 0. The Morgan fingerprint density at radius 3 is 2.67 bits per heavy atom. The molecule has 0 saturated heterocycles. The van der Waals surface area contributed by atoms with Crippen molar-refractivity contribution in [1.29, 1.82) is 0 Å². The molecule has 0 aliphatic heterocycles. The summed E-state index contributed by atoms with van der Waals surface area (Å²) in [4.78, 5) is 10.4. The molecule has 1 rings (SSSR count). The topological polar surface area (TPSA) is 83.6 Å². The van der Waals surface area contributed by atoms with E-state index in [0.717, 1.165) is 0 Å². The number of hydrogen-bond donors (Lipinski definition) is 3. The van der Waals surface area contributed by atoms with Crippen LogP contribution in [-0.4, -0.2) is 16.2 Å². The van der Waals surface area contributed by atoms with E-state index < -0.39 is 12.0 Å². The van der Waals surface area contributed by atoms with E-state index in [1.807, 2.05) is 0 Å². The molecule has 0 saturated carbocycles. The summed E-state index contributed by atoms with van der Waals surface area (Å²) in [7, 11) is 0. The molecule has 0 amide bonds. The van der Waals surface area contributed by atoms with Gasteiger partial charge in [0.2, 0.25) is 0 Å². The molecule has 12 heavy (non-hydrogen) atoms. The second-order valence-corrected chi connectivity index (χ2v) is 2.41. The summed E-state index contributed by atoms with van der Waals surface area (Å²) in [5, 5.41) is 17.5. The first-order valence-corrected chi connectivity index (χ1v) is 3.38. The molecule has 4 nitrogen and oxygen atoms in total. The Bertz CT molecular complexity index is 298. The number of aliphatic carboxylic acids is 1. The maximum Gasteiger partial charge on any atom is 0.325 e. The van der Waals surface area contributed by atoms with Crippen molar-refractivity contribution in [3.63, 3.8) is 0 Å². The predicted molar refractivity (Wildman–Crippen MR) is 42.7 cm³/mol. The maximum absolute atomic E-state index is 10.4. The van der Waals surface area contributed by atoms with Crippen molar-refractivity contribution in [3.8, 4) is 5.75 Å². The Hall–Kier alpha value is -1.55. The van der Waals surface area contributed by atoms with Gasteiger partial charge >= 0.3 is 5.97 Å². The summed E-state index contributed by atoms with van der Waals surface area (Å²) in [6, 6.07) is 4.82. The highest BCUT2D eigenvalue weighted by Crippen LogP contribution is 2.16. The highest BCUT2D eigenvalue weighted by molar-refractivity contribution is 5.75. The highest BCUT2D eigenvalue weighted by Gasteiger charge is 2.13. The van der Waals surface area contributed by atoms with Crippen LogP contribution in [0, 0.1) is 0 Å². The number of hydrogen-bond acceptors (Lipinski definition) is 3. The van der Waals surface area contributed by atoms with Gasteiger partial charge in [0.1, 0.15) is 11.8 Å². The molecule has 0 aliphatic rings. The van der Waals surface area contributed by atoms with Gasteiger partial charge in [-0.2, -0.15) is 0 Å². The lowest BCUT2D eigenvalue weighted by Crippen LogP contribution is -2.20. The summed E-state index contributed by atoms with van der Waals surface area (Å²) in [6.45, 7) is 0. The summed E-state index contributed by atoms with van der Waals surface area (Å²) in [5.41, 5.74) is 5.69. The van der Waals surface area contributed by atoms with Crippen LogP contribution in [0.2, 0.25) is 0 Å². The summed E-state index contributed by atoms with van der Waals surface area (Å²) in [5.74, 6) is -1.09. The standard InChI is InChI=1S/C8H9NO3/c9-7(8(11)12)5-2-1-3-6(10)4-5/h1-4,7,10H,9H2,(H,11,12)/t7-/m1/s1. The average molecular weight is 167 g/mol. The summed E-state index contributed by atoms with van der Waals surface area (Å²) >= 11 is 0. The first-order valence-electron chi connectivity index (χ1n) is 3.38. The molecule has 1 aromatic rings. The zero-order chi connectivity index (χ0) is 9.14. The van der Waals surface area contributed by atoms with Gasteiger partial charge in [0.25, 0.3) is 0 Å². The van der Waals surface area contributed by atoms with Gasteiger partial charge in [0, 0.05) is 0 Å². The molecule has 0 bridgehead atoms. The van der Waals surface area contributed by atoms with Crippen molar-refractivity contribution in [2.45, 2.75) is 6.04 Å². The van der Waals surface area contributed by atoms with Gasteiger partial charge in [0.05, 0.1) is 0 Å². The van der Waals surface area contributed by atoms with Crippen LogP contribution in [0.1, 0.15) is 11.6 Å². The molecule has 0 aliphatic carbocycles. The van der Waals surface area contributed by atoms with Crippen LogP contribution in [0.3, 0.4) is 0 Å². The van der Waals surface area contributed by atoms with E-state index in [2.05, 4.69) is 0 Å².